The van der Waals surface area contributed by atoms with Crippen molar-refractivity contribution in [3.8, 4) is 0 Å². The average molecular weight is 199 g/mol. The van der Waals surface area contributed by atoms with Crippen LogP contribution in [0.1, 0.15) is 20.3 Å². The van der Waals surface area contributed by atoms with Crippen LogP contribution in [0.2, 0.25) is 0 Å². The highest BCUT2D eigenvalue weighted by molar-refractivity contribution is 5.81. The lowest BCUT2D eigenvalue weighted by molar-refractivity contribution is -0.134. The van der Waals surface area contributed by atoms with Crippen LogP contribution in [0.4, 0.5) is 0 Å². The second kappa shape index (κ2) is 4.00. The first kappa shape index (κ1) is 11.0. The third-order valence-electron chi connectivity index (χ3n) is 2.93. The van der Waals surface area contributed by atoms with Crippen LogP contribution >= 0.6 is 0 Å². The minimum atomic E-state index is -0.379. The van der Waals surface area contributed by atoms with E-state index in [0.29, 0.717) is 0 Å². The van der Waals surface area contributed by atoms with Gasteiger partial charge in [0.15, 0.2) is 0 Å². The van der Waals surface area contributed by atoms with E-state index in [2.05, 4.69) is 10.1 Å². The highest BCUT2D eigenvalue weighted by Gasteiger charge is 2.46. The summed E-state index contributed by atoms with van der Waals surface area (Å²) in [7, 11) is 1.34. The third kappa shape index (κ3) is 2.07. The summed E-state index contributed by atoms with van der Waals surface area (Å²) in [6, 6.07) is 0.221. The molecule has 1 fully saturated rings. The Morgan fingerprint density at radius 3 is 2.71 bits per heavy atom. The summed E-state index contributed by atoms with van der Waals surface area (Å²) in [5.41, 5.74) is -0.125. The molecule has 14 heavy (non-hydrogen) atoms. The van der Waals surface area contributed by atoms with Crippen molar-refractivity contribution in [3.05, 3.63) is 12.3 Å². The molecule has 0 spiro atoms. The number of aliphatic hydroxyl groups is 1. The number of esters is 1. The molecule has 0 radical (unpaired) electrons. The van der Waals surface area contributed by atoms with E-state index in [1.807, 2.05) is 13.8 Å². The molecule has 2 unspecified atom stereocenters. The van der Waals surface area contributed by atoms with Crippen molar-refractivity contribution < 1.29 is 14.6 Å². The van der Waals surface area contributed by atoms with Crippen LogP contribution in [-0.2, 0) is 9.53 Å². The Bertz CT molecular complexity index is 248. The molecule has 4 nitrogen and oxygen atoms in total. The number of hydrogen-bond acceptors (Lipinski definition) is 4. The normalized spacial score (nSPS) is 29.7. The second-order valence-electron chi connectivity index (χ2n) is 4.15. The van der Waals surface area contributed by atoms with Crippen LogP contribution < -0.4 is 5.32 Å². The molecule has 0 aromatic carbocycles. The number of ether oxygens (including phenoxy) is 1. The summed E-state index contributed by atoms with van der Waals surface area (Å²) in [6.07, 6.45) is 3.37. The number of hydrogen-bond donors (Lipinski definition) is 2. The van der Waals surface area contributed by atoms with Crippen LogP contribution in [0, 0.1) is 5.41 Å². The van der Waals surface area contributed by atoms with Crippen molar-refractivity contribution >= 4 is 5.97 Å². The van der Waals surface area contributed by atoms with Gasteiger partial charge >= 0.3 is 5.97 Å². The molecule has 0 aromatic heterocycles. The smallest absolute Gasteiger partial charge is 0.331 e. The maximum Gasteiger partial charge on any atom is 0.331 e. The Morgan fingerprint density at radius 1 is 1.64 bits per heavy atom. The summed E-state index contributed by atoms with van der Waals surface area (Å²) in [5, 5.41) is 12.5. The van der Waals surface area contributed by atoms with Crippen molar-refractivity contribution in [1.29, 1.82) is 0 Å². The van der Waals surface area contributed by atoms with Crippen molar-refractivity contribution in [2.75, 3.05) is 7.11 Å². The summed E-state index contributed by atoms with van der Waals surface area (Å²) < 4.78 is 4.44. The molecule has 0 saturated heterocycles. The molecule has 0 aliphatic heterocycles. The van der Waals surface area contributed by atoms with E-state index < -0.39 is 0 Å². The first-order valence-electron chi connectivity index (χ1n) is 4.67. The van der Waals surface area contributed by atoms with E-state index in [9.17, 15) is 9.90 Å². The standard InChI is InChI=1S/C10H17NO3/c1-10(2)7(6-8(10)12)11-5-4-9(13)14-3/h4-5,7-8,11-12H,6H2,1-3H3/b5-4+. The van der Waals surface area contributed by atoms with Gasteiger partial charge in [-0.2, -0.15) is 0 Å². The van der Waals surface area contributed by atoms with Gasteiger partial charge in [0.2, 0.25) is 0 Å². The van der Waals surface area contributed by atoms with Crippen LogP contribution in [-0.4, -0.2) is 30.3 Å². The van der Waals surface area contributed by atoms with Crippen LogP contribution in [0.3, 0.4) is 0 Å². The van der Waals surface area contributed by atoms with Gasteiger partial charge < -0.3 is 15.2 Å². The fraction of sp³-hybridized carbons (Fsp3) is 0.700. The van der Waals surface area contributed by atoms with Crippen molar-refractivity contribution in [2.24, 2.45) is 5.41 Å². The van der Waals surface area contributed by atoms with Crippen LogP contribution in [0.5, 0.6) is 0 Å². The zero-order valence-electron chi connectivity index (χ0n) is 8.78. The molecule has 1 aliphatic rings. The molecule has 0 heterocycles. The summed E-state index contributed by atoms with van der Waals surface area (Å²) in [6.45, 7) is 3.98. The van der Waals surface area contributed by atoms with E-state index in [4.69, 9.17) is 0 Å². The molecule has 4 heteroatoms. The molecule has 2 atom stereocenters. The van der Waals surface area contributed by atoms with Gasteiger partial charge in [-0.05, 0) is 6.42 Å². The molecule has 0 bridgehead atoms. The molecule has 0 aromatic rings. The molecule has 0 amide bonds. The lowest BCUT2D eigenvalue weighted by Crippen LogP contribution is -2.58. The predicted molar refractivity (Wildman–Crippen MR) is 52.5 cm³/mol. The van der Waals surface area contributed by atoms with Crippen molar-refractivity contribution in [2.45, 2.75) is 32.4 Å². The first-order valence-corrected chi connectivity index (χ1v) is 4.67. The fourth-order valence-electron chi connectivity index (χ4n) is 1.49. The molecular formula is C10H17NO3. The van der Waals surface area contributed by atoms with E-state index in [0.717, 1.165) is 6.42 Å². The average Bonchev–Trinajstić information content (AvgIpc) is 2.16. The zero-order chi connectivity index (χ0) is 10.8. The fourth-order valence-corrected chi connectivity index (χ4v) is 1.49. The lowest BCUT2D eigenvalue weighted by Gasteiger charge is -2.49. The SMILES string of the molecule is COC(=O)/C=C/NC1CC(O)C1(C)C. The maximum absolute atomic E-state index is 10.7. The molecule has 80 valence electrons. The van der Waals surface area contributed by atoms with Gasteiger partial charge in [-0.15, -0.1) is 0 Å². The Balaban J connectivity index is 2.34. The maximum atomic E-state index is 10.7. The number of rotatable bonds is 3. The van der Waals surface area contributed by atoms with E-state index >= 15 is 0 Å². The monoisotopic (exact) mass is 199 g/mol. The van der Waals surface area contributed by atoms with E-state index in [-0.39, 0.29) is 23.5 Å². The largest absolute Gasteiger partial charge is 0.466 e. The van der Waals surface area contributed by atoms with Gasteiger partial charge in [0.05, 0.1) is 13.2 Å². The lowest BCUT2D eigenvalue weighted by atomic mass is 9.65. The third-order valence-corrected chi connectivity index (χ3v) is 2.93. The Kier molecular flexibility index (Phi) is 3.16. The Labute approximate surface area is 83.9 Å². The molecule has 1 aliphatic carbocycles. The summed E-state index contributed by atoms with van der Waals surface area (Å²) in [4.78, 5) is 10.7. The first-order chi connectivity index (χ1) is 6.48. The van der Waals surface area contributed by atoms with Crippen molar-refractivity contribution in [1.82, 2.24) is 5.32 Å². The Hall–Kier alpha value is -1.03. The van der Waals surface area contributed by atoms with Gasteiger partial charge in [-0.3, -0.25) is 0 Å². The number of nitrogens with one attached hydrogen (secondary N) is 1. The number of methoxy groups -OCH3 is 1. The number of carbonyl (C=O) groups is 1. The van der Waals surface area contributed by atoms with Gasteiger partial charge in [-0.25, -0.2) is 4.79 Å². The molecule has 2 N–H and O–H groups in total. The van der Waals surface area contributed by atoms with Gasteiger partial charge in [0.1, 0.15) is 0 Å². The van der Waals surface area contributed by atoms with Crippen LogP contribution in [0.15, 0.2) is 12.3 Å². The topological polar surface area (TPSA) is 58.6 Å². The predicted octanol–water partition coefficient (Wildman–Crippen LogP) is 0.422. The van der Waals surface area contributed by atoms with E-state index in [1.54, 1.807) is 6.20 Å². The molecule has 1 saturated carbocycles. The van der Waals surface area contributed by atoms with E-state index in [1.165, 1.54) is 13.2 Å². The van der Waals surface area contributed by atoms with Gasteiger partial charge in [-0.1, -0.05) is 13.8 Å². The van der Waals surface area contributed by atoms with Crippen molar-refractivity contribution in [3.63, 3.8) is 0 Å². The highest BCUT2D eigenvalue weighted by atomic mass is 16.5. The zero-order valence-corrected chi connectivity index (χ0v) is 8.78. The van der Waals surface area contributed by atoms with Gasteiger partial charge in [0.25, 0.3) is 0 Å². The summed E-state index contributed by atoms with van der Waals surface area (Å²) in [5.74, 6) is -0.379. The number of carbonyl (C=O) groups excluding carboxylic acids is 1. The quantitative estimate of drug-likeness (QED) is 0.511. The molecular weight excluding hydrogens is 182 g/mol. The second-order valence-corrected chi connectivity index (χ2v) is 4.15. The van der Waals surface area contributed by atoms with Crippen LogP contribution in [0.25, 0.3) is 0 Å². The Morgan fingerprint density at radius 2 is 2.29 bits per heavy atom. The number of aliphatic hydroxyl groups excluding tert-OH is 1. The highest BCUT2D eigenvalue weighted by Crippen LogP contribution is 2.40. The molecule has 1 rings (SSSR count). The summed E-state index contributed by atoms with van der Waals surface area (Å²) >= 11 is 0. The minimum absolute atomic E-state index is 0.125. The van der Waals surface area contributed by atoms with Gasteiger partial charge in [0, 0.05) is 23.7 Å². The minimum Gasteiger partial charge on any atom is -0.466 e.